The Morgan fingerprint density at radius 3 is 2.55 bits per heavy atom. The zero-order valence-corrected chi connectivity index (χ0v) is 13.6. The Balaban J connectivity index is 2.56. The van der Waals surface area contributed by atoms with Crippen molar-refractivity contribution < 1.29 is 5.11 Å². The molecule has 1 atom stereocenters. The van der Waals surface area contributed by atoms with E-state index >= 15 is 0 Å². The van der Waals surface area contributed by atoms with Gasteiger partial charge in [0, 0.05) is 32.8 Å². The average molecular weight is 283 g/mol. The number of aliphatic hydroxyl groups excluding tert-OH is 1. The molecule has 1 rings (SSSR count). The fourth-order valence-electron chi connectivity index (χ4n) is 2.78. The molecule has 4 heteroatoms. The Morgan fingerprint density at radius 1 is 1.30 bits per heavy atom. The highest BCUT2D eigenvalue weighted by Gasteiger charge is 2.18. The minimum absolute atomic E-state index is 0.276. The lowest BCUT2D eigenvalue weighted by molar-refractivity contribution is 0.251. The predicted molar refractivity (Wildman–Crippen MR) is 86.1 cm³/mol. The lowest BCUT2D eigenvalue weighted by Crippen LogP contribution is -2.45. The summed E-state index contributed by atoms with van der Waals surface area (Å²) in [6.07, 6.45) is 5.71. The molecule has 0 bridgehead atoms. The van der Waals surface area contributed by atoms with Crippen molar-refractivity contribution in [2.75, 3.05) is 32.8 Å². The normalized spacial score (nSPS) is 19.2. The number of aliphatic imine (C=N–C) groups is 1. The van der Waals surface area contributed by atoms with Gasteiger partial charge in [-0.1, -0.05) is 20.3 Å². The average Bonchev–Trinajstić information content (AvgIpc) is 2.45. The fraction of sp³-hybridized carbons (Fsp3) is 0.938. The van der Waals surface area contributed by atoms with E-state index in [4.69, 9.17) is 10.1 Å². The molecule has 0 aromatic carbocycles. The van der Waals surface area contributed by atoms with E-state index < -0.39 is 0 Å². The van der Waals surface area contributed by atoms with Crippen LogP contribution in [0.2, 0.25) is 0 Å². The van der Waals surface area contributed by atoms with Crippen LogP contribution in [0, 0.1) is 11.8 Å². The zero-order valence-electron chi connectivity index (χ0n) is 13.6. The van der Waals surface area contributed by atoms with E-state index in [1.165, 1.54) is 12.8 Å². The van der Waals surface area contributed by atoms with Crippen molar-refractivity contribution in [3.05, 3.63) is 0 Å². The molecule has 1 aliphatic heterocycles. The van der Waals surface area contributed by atoms with Crippen molar-refractivity contribution in [1.29, 1.82) is 0 Å². The molecule has 2 N–H and O–H groups in total. The van der Waals surface area contributed by atoms with E-state index in [-0.39, 0.29) is 6.61 Å². The molecule has 1 saturated heterocycles. The summed E-state index contributed by atoms with van der Waals surface area (Å²) >= 11 is 0. The van der Waals surface area contributed by atoms with E-state index in [9.17, 15) is 0 Å². The van der Waals surface area contributed by atoms with Gasteiger partial charge in [0.1, 0.15) is 0 Å². The fourth-order valence-corrected chi connectivity index (χ4v) is 2.78. The van der Waals surface area contributed by atoms with Crippen molar-refractivity contribution in [3.63, 3.8) is 0 Å². The maximum Gasteiger partial charge on any atom is 0.193 e. The van der Waals surface area contributed by atoms with Gasteiger partial charge in [-0.3, -0.25) is 4.99 Å². The quantitative estimate of drug-likeness (QED) is 0.557. The summed E-state index contributed by atoms with van der Waals surface area (Å²) in [5.41, 5.74) is 0. The summed E-state index contributed by atoms with van der Waals surface area (Å²) in [6.45, 7) is 10.9. The minimum atomic E-state index is 0.276. The Kier molecular flexibility index (Phi) is 8.67. The number of nitrogens with zero attached hydrogens (tertiary/aromatic N) is 2. The Labute approximate surface area is 124 Å². The standard InChI is InChI=1S/C16H33N3O/c1-4-6-15(9-12-20)13-18-16(17-5-2)19-10-7-14(3)8-11-19/h14-15,20H,4-13H2,1-3H3,(H,17,18). The van der Waals surface area contributed by atoms with E-state index in [0.717, 1.165) is 57.3 Å². The number of hydrogen-bond donors (Lipinski definition) is 2. The summed E-state index contributed by atoms with van der Waals surface area (Å²) in [4.78, 5) is 7.21. The second-order valence-electron chi connectivity index (χ2n) is 6.03. The smallest absolute Gasteiger partial charge is 0.193 e. The highest BCUT2D eigenvalue weighted by Crippen LogP contribution is 2.16. The van der Waals surface area contributed by atoms with E-state index in [0.29, 0.717) is 5.92 Å². The van der Waals surface area contributed by atoms with Gasteiger partial charge in [0.15, 0.2) is 5.96 Å². The van der Waals surface area contributed by atoms with Crippen LogP contribution in [0.1, 0.15) is 52.9 Å². The first-order valence-corrected chi connectivity index (χ1v) is 8.35. The summed E-state index contributed by atoms with van der Waals surface area (Å²) in [5, 5.41) is 12.6. The lowest BCUT2D eigenvalue weighted by atomic mass is 9.99. The van der Waals surface area contributed by atoms with Gasteiger partial charge in [0.25, 0.3) is 0 Å². The second-order valence-corrected chi connectivity index (χ2v) is 6.03. The van der Waals surface area contributed by atoms with E-state index in [2.05, 4.69) is 31.0 Å². The van der Waals surface area contributed by atoms with Gasteiger partial charge in [-0.15, -0.1) is 0 Å². The Hall–Kier alpha value is -0.770. The van der Waals surface area contributed by atoms with Gasteiger partial charge >= 0.3 is 0 Å². The molecule has 118 valence electrons. The number of rotatable bonds is 7. The summed E-state index contributed by atoms with van der Waals surface area (Å²) in [6, 6.07) is 0. The van der Waals surface area contributed by atoms with Crippen molar-refractivity contribution >= 4 is 5.96 Å². The molecular formula is C16H33N3O. The lowest BCUT2D eigenvalue weighted by Gasteiger charge is -2.33. The molecule has 0 aromatic heterocycles. The van der Waals surface area contributed by atoms with Crippen molar-refractivity contribution in [3.8, 4) is 0 Å². The maximum atomic E-state index is 9.14. The van der Waals surface area contributed by atoms with Gasteiger partial charge in [-0.05, 0) is 44.4 Å². The first-order chi connectivity index (χ1) is 9.71. The molecule has 1 heterocycles. The molecule has 0 aromatic rings. The number of likely N-dealkylation sites (tertiary alicyclic amines) is 1. The zero-order chi connectivity index (χ0) is 14.8. The molecule has 0 aliphatic carbocycles. The molecule has 1 fully saturated rings. The highest BCUT2D eigenvalue weighted by molar-refractivity contribution is 5.80. The molecule has 1 unspecified atom stereocenters. The first-order valence-electron chi connectivity index (χ1n) is 8.35. The number of guanidine groups is 1. The third kappa shape index (κ3) is 6.12. The van der Waals surface area contributed by atoms with Crippen LogP contribution in [0.15, 0.2) is 4.99 Å². The van der Waals surface area contributed by atoms with Gasteiger partial charge in [-0.2, -0.15) is 0 Å². The minimum Gasteiger partial charge on any atom is -0.396 e. The predicted octanol–water partition coefficient (Wildman–Crippen LogP) is 2.48. The SMILES string of the molecule is CCCC(CCO)CN=C(NCC)N1CCC(C)CC1. The molecule has 0 amide bonds. The van der Waals surface area contributed by atoms with Crippen LogP contribution in [0.3, 0.4) is 0 Å². The van der Waals surface area contributed by atoms with Crippen LogP contribution in [-0.2, 0) is 0 Å². The van der Waals surface area contributed by atoms with Crippen LogP contribution < -0.4 is 5.32 Å². The van der Waals surface area contributed by atoms with Crippen LogP contribution in [-0.4, -0.2) is 48.8 Å². The third-order valence-electron chi connectivity index (χ3n) is 4.15. The van der Waals surface area contributed by atoms with Gasteiger partial charge in [-0.25, -0.2) is 0 Å². The summed E-state index contributed by atoms with van der Waals surface area (Å²) < 4.78 is 0. The second kappa shape index (κ2) is 10.0. The Bertz CT molecular complexity index is 267. The number of hydrogen-bond acceptors (Lipinski definition) is 2. The van der Waals surface area contributed by atoms with Crippen molar-refractivity contribution in [1.82, 2.24) is 10.2 Å². The van der Waals surface area contributed by atoms with Crippen LogP contribution in [0.5, 0.6) is 0 Å². The van der Waals surface area contributed by atoms with E-state index in [1.54, 1.807) is 0 Å². The number of aliphatic hydroxyl groups is 1. The van der Waals surface area contributed by atoms with E-state index in [1.807, 2.05) is 0 Å². The molecule has 0 radical (unpaired) electrons. The van der Waals surface area contributed by atoms with Gasteiger partial charge < -0.3 is 15.3 Å². The highest BCUT2D eigenvalue weighted by atomic mass is 16.3. The molecule has 0 saturated carbocycles. The maximum absolute atomic E-state index is 9.14. The summed E-state index contributed by atoms with van der Waals surface area (Å²) in [7, 11) is 0. The van der Waals surface area contributed by atoms with Gasteiger partial charge in [0.05, 0.1) is 0 Å². The monoisotopic (exact) mass is 283 g/mol. The van der Waals surface area contributed by atoms with Gasteiger partial charge in [0.2, 0.25) is 0 Å². The largest absolute Gasteiger partial charge is 0.396 e. The molecule has 4 nitrogen and oxygen atoms in total. The molecule has 20 heavy (non-hydrogen) atoms. The summed E-state index contributed by atoms with van der Waals surface area (Å²) in [5.74, 6) is 2.43. The third-order valence-corrected chi connectivity index (χ3v) is 4.15. The molecule has 1 aliphatic rings. The topological polar surface area (TPSA) is 47.9 Å². The van der Waals surface area contributed by atoms with Crippen LogP contribution in [0.4, 0.5) is 0 Å². The Morgan fingerprint density at radius 2 is 2.00 bits per heavy atom. The number of piperidine rings is 1. The molecule has 0 spiro atoms. The number of nitrogens with one attached hydrogen (secondary N) is 1. The van der Waals surface area contributed by atoms with Crippen LogP contribution >= 0.6 is 0 Å². The van der Waals surface area contributed by atoms with Crippen molar-refractivity contribution in [2.24, 2.45) is 16.8 Å². The van der Waals surface area contributed by atoms with Crippen LogP contribution in [0.25, 0.3) is 0 Å². The molecular weight excluding hydrogens is 250 g/mol. The first kappa shape index (κ1) is 17.3. The van der Waals surface area contributed by atoms with Crippen molar-refractivity contribution in [2.45, 2.75) is 52.9 Å².